The first-order chi connectivity index (χ1) is 6.41. The molecule has 0 unspecified atom stereocenters. The lowest BCUT2D eigenvalue weighted by Gasteiger charge is -2.00. The molecule has 0 aliphatic rings. The molecule has 0 spiro atoms. The van der Waals surface area contributed by atoms with Crippen molar-refractivity contribution in [3.05, 3.63) is 6.92 Å². The molecular formula is C12H26N. The summed E-state index contributed by atoms with van der Waals surface area (Å²) in [5.41, 5.74) is 5.42. The smallest absolute Gasteiger partial charge is 0.00773 e. The first-order valence-corrected chi connectivity index (χ1v) is 5.91. The van der Waals surface area contributed by atoms with Gasteiger partial charge in [-0.1, -0.05) is 64.7 Å². The highest BCUT2D eigenvalue weighted by Gasteiger charge is 1.91. The van der Waals surface area contributed by atoms with Crippen LogP contribution in [0, 0.1) is 6.92 Å². The molecule has 0 heterocycles. The van der Waals surface area contributed by atoms with Gasteiger partial charge in [0, 0.05) is 0 Å². The topological polar surface area (TPSA) is 26.0 Å². The lowest BCUT2D eigenvalue weighted by Crippen LogP contribution is -1.97. The van der Waals surface area contributed by atoms with E-state index in [-0.39, 0.29) is 0 Å². The van der Waals surface area contributed by atoms with Gasteiger partial charge in [0.2, 0.25) is 0 Å². The summed E-state index contributed by atoms with van der Waals surface area (Å²) in [4.78, 5) is 0. The Labute approximate surface area is 84.1 Å². The maximum Gasteiger partial charge on any atom is -0.00773 e. The number of unbranched alkanes of at least 4 members (excludes halogenated alkanes) is 9. The van der Waals surface area contributed by atoms with Gasteiger partial charge in [0.1, 0.15) is 0 Å². The summed E-state index contributed by atoms with van der Waals surface area (Å²) < 4.78 is 0. The van der Waals surface area contributed by atoms with Crippen LogP contribution in [-0.4, -0.2) is 6.54 Å². The highest BCUT2D eigenvalue weighted by atomic mass is 14.5. The van der Waals surface area contributed by atoms with Gasteiger partial charge in [-0.15, -0.1) is 0 Å². The zero-order valence-electron chi connectivity index (χ0n) is 9.06. The minimum Gasteiger partial charge on any atom is -0.330 e. The van der Waals surface area contributed by atoms with Crippen LogP contribution in [0.25, 0.3) is 0 Å². The molecule has 0 aromatic heterocycles. The molecule has 1 radical (unpaired) electrons. The average Bonchev–Trinajstić information content (AvgIpc) is 2.16. The summed E-state index contributed by atoms with van der Waals surface area (Å²) >= 11 is 0. The van der Waals surface area contributed by atoms with E-state index in [0.29, 0.717) is 0 Å². The molecular weight excluding hydrogens is 158 g/mol. The highest BCUT2D eigenvalue weighted by molar-refractivity contribution is 4.48. The van der Waals surface area contributed by atoms with Gasteiger partial charge in [0.15, 0.2) is 0 Å². The summed E-state index contributed by atoms with van der Waals surface area (Å²) in [5.74, 6) is 0. The zero-order chi connectivity index (χ0) is 9.78. The molecule has 1 heteroatoms. The van der Waals surface area contributed by atoms with Crippen LogP contribution >= 0.6 is 0 Å². The second kappa shape index (κ2) is 12.0. The Kier molecular flexibility index (Phi) is 11.9. The lowest BCUT2D eigenvalue weighted by atomic mass is 10.1. The molecule has 2 N–H and O–H groups in total. The highest BCUT2D eigenvalue weighted by Crippen LogP contribution is 2.09. The van der Waals surface area contributed by atoms with Crippen molar-refractivity contribution in [2.24, 2.45) is 5.73 Å². The summed E-state index contributed by atoms with van der Waals surface area (Å²) in [5, 5.41) is 0. The number of hydrogen-bond donors (Lipinski definition) is 1. The Bertz CT molecular complexity index is 71.2. The van der Waals surface area contributed by atoms with E-state index < -0.39 is 0 Å². The fourth-order valence-corrected chi connectivity index (χ4v) is 1.56. The summed E-state index contributed by atoms with van der Waals surface area (Å²) in [6.45, 7) is 4.71. The van der Waals surface area contributed by atoms with Crippen LogP contribution in [0.4, 0.5) is 0 Å². The fourth-order valence-electron chi connectivity index (χ4n) is 1.56. The van der Waals surface area contributed by atoms with Crippen molar-refractivity contribution in [2.75, 3.05) is 6.54 Å². The minimum atomic E-state index is 0.865. The molecule has 0 rings (SSSR count). The SMILES string of the molecule is [CH2]CCCCCCCCCCCN. The van der Waals surface area contributed by atoms with E-state index in [1.54, 1.807) is 0 Å². The predicted molar refractivity (Wildman–Crippen MR) is 60.6 cm³/mol. The molecule has 1 nitrogen and oxygen atoms in total. The molecule has 0 saturated heterocycles. The Morgan fingerprint density at radius 3 is 1.38 bits per heavy atom. The summed E-state index contributed by atoms with van der Waals surface area (Å²) in [6.07, 6.45) is 13.4. The van der Waals surface area contributed by atoms with Crippen LogP contribution in [0.1, 0.15) is 64.2 Å². The lowest BCUT2D eigenvalue weighted by molar-refractivity contribution is 0.561. The molecule has 0 amide bonds. The van der Waals surface area contributed by atoms with Crippen molar-refractivity contribution in [1.82, 2.24) is 0 Å². The van der Waals surface area contributed by atoms with E-state index in [2.05, 4.69) is 6.92 Å². The zero-order valence-corrected chi connectivity index (χ0v) is 9.06. The second-order valence-electron chi connectivity index (χ2n) is 3.82. The normalized spacial score (nSPS) is 10.6. The third-order valence-corrected chi connectivity index (χ3v) is 2.45. The summed E-state index contributed by atoms with van der Waals surface area (Å²) in [7, 11) is 0. The molecule has 0 aromatic rings. The predicted octanol–water partition coefficient (Wildman–Crippen LogP) is 3.68. The molecule has 0 bridgehead atoms. The quantitative estimate of drug-likeness (QED) is 0.515. The van der Waals surface area contributed by atoms with Crippen molar-refractivity contribution in [3.8, 4) is 0 Å². The average molecular weight is 184 g/mol. The van der Waals surface area contributed by atoms with Crippen molar-refractivity contribution in [3.63, 3.8) is 0 Å². The van der Waals surface area contributed by atoms with Gasteiger partial charge in [-0.2, -0.15) is 0 Å². The van der Waals surface area contributed by atoms with Crippen LogP contribution in [0.3, 0.4) is 0 Å². The molecule has 0 fully saturated rings. The van der Waals surface area contributed by atoms with Gasteiger partial charge < -0.3 is 5.73 Å². The third kappa shape index (κ3) is 12.0. The van der Waals surface area contributed by atoms with E-state index in [1.165, 1.54) is 57.8 Å². The Morgan fingerprint density at radius 1 is 0.615 bits per heavy atom. The summed E-state index contributed by atoms with van der Waals surface area (Å²) in [6, 6.07) is 0. The molecule has 79 valence electrons. The van der Waals surface area contributed by atoms with Gasteiger partial charge in [0.25, 0.3) is 0 Å². The monoisotopic (exact) mass is 184 g/mol. The van der Waals surface area contributed by atoms with Crippen molar-refractivity contribution in [1.29, 1.82) is 0 Å². The van der Waals surface area contributed by atoms with Crippen molar-refractivity contribution in [2.45, 2.75) is 64.2 Å². The van der Waals surface area contributed by atoms with Gasteiger partial charge in [-0.3, -0.25) is 0 Å². The maximum atomic E-state index is 5.42. The van der Waals surface area contributed by atoms with Crippen LogP contribution in [0.15, 0.2) is 0 Å². The number of nitrogens with two attached hydrogens (primary N) is 1. The molecule has 13 heavy (non-hydrogen) atoms. The minimum absolute atomic E-state index is 0.865. The first kappa shape index (κ1) is 13.0. The number of rotatable bonds is 10. The van der Waals surface area contributed by atoms with Crippen LogP contribution in [0.5, 0.6) is 0 Å². The van der Waals surface area contributed by atoms with Gasteiger partial charge >= 0.3 is 0 Å². The van der Waals surface area contributed by atoms with E-state index >= 15 is 0 Å². The Hall–Kier alpha value is -0.0400. The van der Waals surface area contributed by atoms with Crippen LogP contribution in [0.2, 0.25) is 0 Å². The largest absolute Gasteiger partial charge is 0.330 e. The van der Waals surface area contributed by atoms with Gasteiger partial charge in [-0.25, -0.2) is 0 Å². The third-order valence-electron chi connectivity index (χ3n) is 2.45. The standard InChI is InChI=1S/C12H26N/c1-2-3-4-5-6-7-8-9-10-11-12-13/h1-13H2. The van der Waals surface area contributed by atoms with Crippen LogP contribution in [-0.2, 0) is 0 Å². The molecule has 0 aliphatic carbocycles. The van der Waals surface area contributed by atoms with Crippen molar-refractivity contribution < 1.29 is 0 Å². The molecule has 0 aromatic carbocycles. The van der Waals surface area contributed by atoms with E-state index in [1.807, 2.05) is 0 Å². The molecule has 0 saturated carbocycles. The number of hydrogen-bond acceptors (Lipinski definition) is 1. The van der Waals surface area contributed by atoms with Gasteiger partial charge in [0.05, 0.1) is 0 Å². The molecule has 0 aliphatic heterocycles. The van der Waals surface area contributed by atoms with E-state index in [9.17, 15) is 0 Å². The van der Waals surface area contributed by atoms with E-state index in [4.69, 9.17) is 5.73 Å². The Balaban J connectivity index is 2.76. The molecule has 0 atom stereocenters. The Morgan fingerprint density at radius 2 is 1.00 bits per heavy atom. The first-order valence-electron chi connectivity index (χ1n) is 5.91. The maximum absolute atomic E-state index is 5.42. The van der Waals surface area contributed by atoms with Gasteiger partial charge in [-0.05, 0) is 13.0 Å². The van der Waals surface area contributed by atoms with Crippen LogP contribution < -0.4 is 5.73 Å². The second-order valence-corrected chi connectivity index (χ2v) is 3.82. The van der Waals surface area contributed by atoms with E-state index in [0.717, 1.165) is 13.0 Å². The fraction of sp³-hybridized carbons (Fsp3) is 0.917. The van der Waals surface area contributed by atoms with Crippen molar-refractivity contribution >= 4 is 0 Å².